The number of nitrogens with one attached hydrogen (secondary N) is 1. The van der Waals surface area contributed by atoms with Gasteiger partial charge in [0.1, 0.15) is 5.82 Å². The molecule has 2 aliphatic heterocycles. The third-order valence-corrected chi connectivity index (χ3v) is 6.35. The van der Waals surface area contributed by atoms with Gasteiger partial charge in [0.05, 0.1) is 12.7 Å². The number of halogens is 1. The summed E-state index contributed by atoms with van der Waals surface area (Å²) in [7, 11) is 1.98. The van der Waals surface area contributed by atoms with Crippen LogP contribution < -0.4 is 10.2 Å². The lowest BCUT2D eigenvalue weighted by Crippen LogP contribution is -2.40. The van der Waals surface area contributed by atoms with E-state index in [0.717, 1.165) is 62.4 Å². The first-order chi connectivity index (χ1) is 14.6. The van der Waals surface area contributed by atoms with E-state index in [2.05, 4.69) is 52.4 Å². The number of nitrogens with zero attached hydrogens (tertiary/aromatic N) is 6. The molecule has 2 aliphatic rings. The van der Waals surface area contributed by atoms with Gasteiger partial charge in [0.25, 0.3) is 0 Å². The third-order valence-electron chi connectivity index (χ3n) is 6.35. The highest BCUT2D eigenvalue weighted by Crippen LogP contribution is 2.27. The largest absolute Gasteiger partial charge is 0.357 e. The summed E-state index contributed by atoms with van der Waals surface area (Å²) in [6, 6.07) is 4.33. The van der Waals surface area contributed by atoms with Crippen LogP contribution in [0.5, 0.6) is 0 Å². The highest BCUT2D eigenvalue weighted by molar-refractivity contribution is 14.0. The van der Waals surface area contributed by atoms with Gasteiger partial charge in [-0.25, -0.2) is 9.98 Å². The summed E-state index contributed by atoms with van der Waals surface area (Å²) in [5.41, 5.74) is 2.48. The Morgan fingerprint density at radius 3 is 2.61 bits per heavy atom. The Labute approximate surface area is 203 Å². The van der Waals surface area contributed by atoms with Crippen LogP contribution in [0, 0.1) is 5.92 Å². The van der Waals surface area contributed by atoms with Crippen LogP contribution >= 0.6 is 24.0 Å². The van der Waals surface area contributed by atoms with Gasteiger partial charge < -0.3 is 15.1 Å². The lowest BCUT2D eigenvalue weighted by atomic mass is 9.99. The molecule has 1 unspecified atom stereocenters. The second-order valence-electron chi connectivity index (χ2n) is 8.74. The van der Waals surface area contributed by atoms with Crippen molar-refractivity contribution in [1.82, 2.24) is 25.0 Å². The van der Waals surface area contributed by atoms with Gasteiger partial charge in [0, 0.05) is 58.1 Å². The highest BCUT2D eigenvalue weighted by atomic mass is 127. The Bertz CT molecular complexity index is 840. The molecule has 31 heavy (non-hydrogen) atoms. The van der Waals surface area contributed by atoms with E-state index >= 15 is 0 Å². The number of anilines is 1. The number of pyridine rings is 1. The van der Waals surface area contributed by atoms with Crippen molar-refractivity contribution in [2.75, 3.05) is 37.6 Å². The van der Waals surface area contributed by atoms with Crippen LogP contribution in [-0.2, 0) is 13.6 Å². The maximum absolute atomic E-state index is 4.91. The van der Waals surface area contributed by atoms with E-state index in [0.29, 0.717) is 12.5 Å². The maximum Gasteiger partial charge on any atom is 0.194 e. The van der Waals surface area contributed by atoms with Crippen molar-refractivity contribution in [2.24, 2.45) is 18.0 Å². The Morgan fingerprint density at radius 2 is 1.97 bits per heavy atom. The van der Waals surface area contributed by atoms with Gasteiger partial charge in [-0.15, -0.1) is 24.0 Å². The van der Waals surface area contributed by atoms with Crippen molar-refractivity contribution in [3.63, 3.8) is 0 Å². The Balaban J connectivity index is 0.00000272. The molecule has 0 bridgehead atoms. The van der Waals surface area contributed by atoms with Crippen LogP contribution in [-0.4, -0.2) is 58.3 Å². The molecule has 8 heteroatoms. The molecule has 4 rings (SSSR count). The van der Waals surface area contributed by atoms with E-state index in [1.165, 1.54) is 18.4 Å². The van der Waals surface area contributed by atoms with Crippen LogP contribution in [0.1, 0.15) is 50.2 Å². The van der Waals surface area contributed by atoms with Crippen molar-refractivity contribution in [1.29, 1.82) is 0 Å². The number of hydrogen-bond acceptors (Lipinski definition) is 4. The number of hydrogen-bond donors (Lipinski definition) is 1. The summed E-state index contributed by atoms with van der Waals surface area (Å²) in [6.45, 7) is 10.2. The lowest BCUT2D eigenvalue weighted by molar-refractivity contribution is 0.436. The summed E-state index contributed by atoms with van der Waals surface area (Å²) in [6.07, 6.45) is 9.78. The molecule has 1 N–H and O–H groups in total. The number of aromatic nitrogens is 3. The Morgan fingerprint density at radius 1 is 1.16 bits per heavy atom. The summed E-state index contributed by atoms with van der Waals surface area (Å²) >= 11 is 0. The summed E-state index contributed by atoms with van der Waals surface area (Å²) in [5.74, 6) is 3.46. The highest BCUT2D eigenvalue weighted by Gasteiger charge is 2.27. The topological polar surface area (TPSA) is 61.6 Å². The minimum absolute atomic E-state index is 0. The molecule has 2 aromatic rings. The normalized spacial score (nSPS) is 20.1. The van der Waals surface area contributed by atoms with Gasteiger partial charge in [-0.05, 0) is 49.3 Å². The van der Waals surface area contributed by atoms with Crippen LogP contribution in [0.3, 0.4) is 0 Å². The van der Waals surface area contributed by atoms with E-state index in [4.69, 9.17) is 9.98 Å². The molecule has 2 saturated heterocycles. The standard InChI is InChI=1S/C23H35N7.HI/c1-4-24-23(30-12-9-20(17-30)21-15-27-28(3)16-21)26-14-19-5-6-22(25-13-19)29-10-7-18(2)8-11-29;/h5-6,13,15-16,18,20H,4,7-12,14,17H2,1-3H3,(H,24,26);1H. The van der Waals surface area contributed by atoms with Crippen LogP contribution in [0.25, 0.3) is 0 Å². The number of piperidine rings is 1. The fourth-order valence-corrected chi connectivity index (χ4v) is 4.40. The molecule has 2 aromatic heterocycles. The maximum atomic E-state index is 4.91. The molecule has 0 amide bonds. The molecular formula is C23H36IN7. The van der Waals surface area contributed by atoms with E-state index < -0.39 is 0 Å². The van der Waals surface area contributed by atoms with E-state index in [9.17, 15) is 0 Å². The van der Waals surface area contributed by atoms with Gasteiger partial charge in [-0.2, -0.15) is 5.10 Å². The molecule has 2 fully saturated rings. The molecule has 0 saturated carbocycles. The number of likely N-dealkylation sites (tertiary alicyclic amines) is 1. The van der Waals surface area contributed by atoms with Crippen molar-refractivity contribution in [3.8, 4) is 0 Å². The second-order valence-corrected chi connectivity index (χ2v) is 8.74. The molecule has 0 radical (unpaired) electrons. The zero-order chi connectivity index (χ0) is 20.9. The number of aliphatic imine (C=N–C) groups is 1. The van der Waals surface area contributed by atoms with Gasteiger partial charge in [-0.1, -0.05) is 13.0 Å². The smallest absolute Gasteiger partial charge is 0.194 e. The average molecular weight is 537 g/mol. The van der Waals surface area contributed by atoms with E-state index in [1.54, 1.807) is 0 Å². The van der Waals surface area contributed by atoms with Crippen molar-refractivity contribution in [3.05, 3.63) is 41.9 Å². The van der Waals surface area contributed by atoms with Crippen molar-refractivity contribution >= 4 is 35.8 Å². The molecule has 0 aromatic carbocycles. The number of guanidine groups is 1. The van der Waals surface area contributed by atoms with Gasteiger partial charge >= 0.3 is 0 Å². The van der Waals surface area contributed by atoms with Gasteiger partial charge in [-0.3, -0.25) is 4.68 Å². The summed E-state index contributed by atoms with van der Waals surface area (Å²) < 4.78 is 1.89. The number of rotatable bonds is 5. The first-order valence-electron chi connectivity index (χ1n) is 11.3. The van der Waals surface area contributed by atoms with Gasteiger partial charge in [0.15, 0.2) is 5.96 Å². The van der Waals surface area contributed by atoms with Crippen LogP contribution in [0.4, 0.5) is 5.82 Å². The monoisotopic (exact) mass is 537 g/mol. The molecule has 4 heterocycles. The zero-order valence-electron chi connectivity index (χ0n) is 19.0. The fourth-order valence-electron chi connectivity index (χ4n) is 4.40. The molecule has 7 nitrogen and oxygen atoms in total. The second kappa shape index (κ2) is 11.2. The first-order valence-corrected chi connectivity index (χ1v) is 11.3. The average Bonchev–Trinajstić information content (AvgIpc) is 3.41. The SMILES string of the molecule is CCNC(=NCc1ccc(N2CCC(C)CC2)nc1)N1CCC(c2cnn(C)c2)C1.I. The molecular weight excluding hydrogens is 501 g/mol. The van der Waals surface area contributed by atoms with E-state index in [-0.39, 0.29) is 24.0 Å². The predicted octanol–water partition coefficient (Wildman–Crippen LogP) is 3.62. The lowest BCUT2D eigenvalue weighted by Gasteiger charge is -2.31. The minimum atomic E-state index is 0. The number of aryl methyl sites for hydroxylation is 1. The van der Waals surface area contributed by atoms with Crippen LogP contribution in [0.2, 0.25) is 0 Å². The van der Waals surface area contributed by atoms with Gasteiger partial charge in [0.2, 0.25) is 0 Å². The van der Waals surface area contributed by atoms with E-state index in [1.807, 2.05) is 24.1 Å². The summed E-state index contributed by atoms with van der Waals surface area (Å²) in [5, 5.41) is 7.80. The minimum Gasteiger partial charge on any atom is -0.357 e. The van der Waals surface area contributed by atoms with Crippen molar-refractivity contribution < 1.29 is 0 Å². The molecule has 0 spiro atoms. The Hall–Kier alpha value is -1.84. The zero-order valence-corrected chi connectivity index (χ0v) is 21.3. The summed E-state index contributed by atoms with van der Waals surface area (Å²) in [4.78, 5) is 14.4. The quantitative estimate of drug-likeness (QED) is 0.359. The first kappa shape index (κ1) is 23.8. The third kappa shape index (κ3) is 6.11. The van der Waals surface area contributed by atoms with Crippen molar-refractivity contribution in [2.45, 2.75) is 45.6 Å². The predicted molar refractivity (Wildman–Crippen MR) is 137 cm³/mol. The Kier molecular flexibility index (Phi) is 8.57. The fraction of sp³-hybridized carbons (Fsp3) is 0.609. The molecule has 0 aliphatic carbocycles. The molecule has 1 atom stereocenters. The van der Waals surface area contributed by atoms with Crippen LogP contribution in [0.15, 0.2) is 35.7 Å². The molecule has 170 valence electrons.